The number of carboxylic acids is 1. The molecule has 0 spiro atoms. The minimum Gasteiger partial charge on any atom is -0.479 e. The Morgan fingerprint density at radius 1 is 1.45 bits per heavy atom. The number of aliphatic carboxylic acids is 1. The standard InChI is InChI=1S/C14H18N2O4/c1-9-8-10-4-2-3-5-11(10)16(9)14(20)15-7-6-12(17)13(18)19/h2-5,9,12,17H,6-8H2,1H3,(H,15,20)(H,18,19). The second-order valence-corrected chi connectivity index (χ2v) is 4.93. The highest BCUT2D eigenvalue weighted by Gasteiger charge is 2.30. The molecule has 0 saturated heterocycles. The van der Waals surface area contributed by atoms with E-state index in [1.54, 1.807) is 4.90 Å². The van der Waals surface area contributed by atoms with Crippen LogP contribution in [0.5, 0.6) is 0 Å². The van der Waals surface area contributed by atoms with Gasteiger partial charge in [0.2, 0.25) is 0 Å². The molecule has 6 nitrogen and oxygen atoms in total. The average molecular weight is 278 g/mol. The van der Waals surface area contributed by atoms with E-state index >= 15 is 0 Å². The van der Waals surface area contributed by atoms with Crippen LogP contribution in [0.3, 0.4) is 0 Å². The molecule has 1 aliphatic heterocycles. The van der Waals surface area contributed by atoms with E-state index in [1.807, 2.05) is 31.2 Å². The number of amides is 2. The fourth-order valence-corrected chi connectivity index (χ4v) is 2.40. The Labute approximate surface area is 117 Å². The lowest BCUT2D eigenvalue weighted by molar-refractivity contribution is -0.146. The van der Waals surface area contributed by atoms with Gasteiger partial charge in [0.1, 0.15) is 0 Å². The van der Waals surface area contributed by atoms with Crippen LogP contribution in [0.15, 0.2) is 24.3 Å². The third-order valence-electron chi connectivity index (χ3n) is 3.41. The normalized spacial score (nSPS) is 18.5. The number of fused-ring (bicyclic) bond motifs is 1. The fraction of sp³-hybridized carbons (Fsp3) is 0.429. The molecule has 20 heavy (non-hydrogen) atoms. The maximum Gasteiger partial charge on any atom is 0.332 e. The lowest BCUT2D eigenvalue weighted by Crippen LogP contribution is -2.44. The van der Waals surface area contributed by atoms with Crippen LogP contribution in [0.1, 0.15) is 18.9 Å². The van der Waals surface area contributed by atoms with Gasteiger partial charge in [0, 0.05) is 24.7 Å². The molecular weight excluding hydrogens is 260 g/mol. The molecule has 2 amide bonds. The van der Waals surface area contributed by atoms with Gasteiger partial charge in [-0.2, -0.15) is 0 Å². The molecule has 6 heteroatoms. The number of carboxylic acid groups (broad SMARTS) is 1. The third-order valence-corrected chi connectivity index (χ3v) is 3.41. The van der Waals surface area contributed by atoms with Crippen molar-refractivity contribution in [1.29, 1.82) is 0 Å². The topological polar surface area (TPSA) is 89.9 Å². The van der Waals surface area contributed by atoms with Crippen molar-refractivity contribution >= 4 is 17.7 Å². The summed E-state index contributed by atoms with van der Waals surface area (Å²) in [6, 6.07) is 7.51. The number of hydrogen-bond acceptors (Lipinski definition) is 3. The maximum atomic E-state index is 12.2. The van der Waals surface area contributed by atoms with Crippen LogP contribution in [0.2, 0.25) is 0 Å². The number of nitrogens with one attached hydrogen (secondary N) is 1. The number of aliphatic hydroxyl groups excluding tert-OH is 1. The van der Waals surface area contributed by atoms with E-state index in [0.29, 0.717) is 0 Å². The Balaban J connectivity index is 1.95. The minimum atomic E-state index is -1.45. The zero-order valence-corrected chi connectivity index (χ0v) is 11.2. The van der Waals surface area contributed by atoms with Crippen LogP contribution in [0, 0.1) is 0 Å². The largest absolute Gasteiger partial charge is 0.479 e. The van der Waals surface area contributed by atoms with Gasteiger partial charge < -0.3 is 15.5 Å². The number of carbonyl (C=O) groups is 2. The van der Waals surface area contributed by atoms with Crippen LogP contribution in [0.4, 0.5) is 10.5 Å². The van der Waals surface area contributed by atoms with Gasteiger partial charge in [-0.3, -0.25) is 4.90 Å². The molecule has 0 bridgehead atoms. The average Bonchev–Trinajstić information content (AvgIpc) is 2.74. The quantitative estimate of drug-likeness (QED) is 0.766. The van der Waals surface area contributed by atoms with Crippen molar-refractivity contribution in [2.75, 3.05) is 11.4 Å². The summed E-state index contributed by atoms with van der Waals surface area (Å²) in [5.74, 6) is -1.28. The molecule has 3 N–H and O–H groups in total. The number of carbonyl (C=O) groups excluding carboxylic acids is 1. The number of aliphatic hydroxyl groups is 1. The van der Waals surface area contributed by atoms with Gasteiger partial charge in [0.05, 0.1) is 0 Å². The summed E-state index contributed by atoms with van der Waals surface area (Å²) < 4.78 is 0. The van der Waals surface area contributed by atoms with Gasteiger partial charge in [-0.05, 0) is 25.0 Å². The number of urea groups is 1. The second kappa shape index (κ2) is 5.92. The van der Waals surface area contributed by atoms with Crippen molar-refractivity contribution in [1.82, 2.24) is 5.32 Å². The van der Waals surface area contributed by atoms with E-state index in [-0.39, 0.29) is 25.0 Å². The Morgan fingerprint density at radius 3 is 2.85 bits per heavy atom. The van der Waals surface area contributed by atoms with Crippen LogP contribution in [-0.4, -0.2) is 40.9 Å². The highest BCUT2D eigenvalue weighted by atomic mass is 16.4. The van der Waals surface area contributed by atoms with Crippen molar-refractivity contribution in [3.63, 3.8) is 0 Å². The van der Waals surface area contributed by atoms with E-state index in [0.717, 1.165) is 17.7 Å². The van der Waals surface area contributed by atoms with Crippen LogP contribution in [0.25, 0.3) is 0 Å². The highest BCUT2D eigenvalue weighted by Crippen LogP contribution is 2.31. The Morgan fingerprint density at radius 2 is 2.15 bits per heavy atom. The Bertz CT molecular complexity index is 518. The second-order valence-electron chi connectivity index (χ2n) is 4.93. The Kier molecular flexibility index (Phi) is 4.24. The zero-order valence-electron chi connectivity index (χ0n) is 11.2. The van der Waals surface area contributed by atoms with Gasteiger partial charge in [-0.1, -0.05) is 18.2 Å². The molecule has 108 valence electrons. The highest BCUT2D eigenvalue weighted by molar-refractivity contribution is 5.94. The van der Waals surface area contributed by atoms with Gasteiger partial charge in [0.15, 0.2) is 6.10 Å². The van der Waals surface area contributed by atoms with E-state index in [4.69, 9.17) is 10.2 Å². The summed E-state index contributed by atoms with van der Waals surface area (Å²) in [5.41, 5.74) is 2.01. The van der Waals surface area contributed by atoms with Crippen molar-refractivity contribution in [2.24, 2.45) is 0 Å². The first kappa shape index (κ1) is 14.3. The van der Waals surface area contributed by atoms with Crippen molar-refractivity contribution in [2.45, 2.75) is 31.9 Å². The third kappa shape index (κ3) is 2.91. The van der Waals surface area contributed by atoms with Crippen LogP contribution >= 0.6 is 0 Å². The van der Waals surface area contributed by atoms with Crippen molar-refractivity contribution in [3.8, 4) is 0 Å². The maximum absolute atomic E-state index is 12.2. The minimum absolute atomic E-state index is 0.00899. The van der Waals surface area contributed by atoms with E-state index in [9.17, 15) is 9.59 Å². The Hall–Kier alpha value is -2.08. The molecule has 0 radical (unpaired) electrons. The van der Waals surface area contributed by atoms with E-state index in [2.05, 4.69) is 5.32 Å². The molecule has 1 aromatic rings. The van der Waals surface area contributed by atoms with Crippen molar-refractivity contribution in [3.05, 3.63) is 29.8 Å². The fourth-order valence-electron chi connectivity index (χ4n) is 2.40. The summed E-state index contributed by atoms with van der Waals surface area (Å²) in [6.45, 7) is 2.09. The molecule has 0 aromatic heterocycles. The molecule has 0 aliphatic carbocycles. The lowest BCUT2D eigenvalue weighted by atomic mass is 10.1. The number of rotatable bonds is 4. The molecule has 2 rings (SSSR count). The smallest absolute Gasteiger partial charge is 0.332 e. The summed E-state index contributed by atoms with van der Waals surface area (Å²) in [5, 5.41) is 20.4. The molecule has 2 atom stereocenters. The number of para-hydroxylation sites is 1. The van der Waals surface area contributed by atoms with Gasteiger partial charge >= 0.3 is 12.0 Å². The molecule has 1 aromatic carbocycles. The predicted molar refractivity (Wildman–Crippen MR) is 73.7 cm³/mol. The number of anilines is 1. The first-order chi connectivity index (χ1) is 9.50. The summed E-state index contributed by atoms with van der Waals surface area (Å²) >= 11 is 0. The van der Waals surface area contributed by atoms with Crippen LogP contribution < -0.4 is 10.2 Å². The van der Waals surface area contributed by atoms with E-state index < -0.39 is 12.1 Å². The zero-order chi connectivity index (χ0) is 14.7. The van der Waals surface area contributed by atoms with E-state index in [1.165, 1.54) is 0 Å². The molecule has 0 saturated carbocycles. The lowest BCUT2D eigenvalue weighted by Gasteiger charge is -2.23. The molecule has 1 aliphatic rings. The predicted octanol–water partition coefficient (Wildman–Crippen LogP) is 0.983. The molecule has 0 fully saturated rings. The summed E-state index contributed by atoms with van der Waals surface area (Å²) in [7, 11) is 0. The monoisotopic (exact) mass is 278 g/mol. The van der Waals surface area contributed by atoms with Gasteiger partial charge in [-0.25, -0.2) is 9.59 Å². The van der Waals surface area contributed by atoms with Crippen LogP contribution in [-0.2, 0) is 11.2 Å². The first-order valence-corrected chi connectivity index (χ1v) is 6.56. The SMILES string of the molecule is CC1Cc2ccccc2N1C(=O)NCCC(O)C(=O)O. The first-order valence-electron chi connectivity index (χ1n) is 6.56. The summed E-state index contributed by atoms with van der Waals surface area (Å²) in [4.78, 5) is 24.3. The van der Waals surface area contributed by atoms with Crippen molar-refractivity contribution < 1.29 is 19.8 Å². The molecule has 2 unspecified atom stereocenters. The number of nitrogens with zero attached hydrogens (tertiary/aromatic N) is 1. The van der Waals surface area contributed by atoms with Gasteiger partial charge in [0.25, 0.3) is 0 Å². The summed E-state index contributed by atoms with van der Waals surface area (Å²) in [6.07, 6.45) is -0.648. The molecular formula is C14H18N2O4. The number of benzene rings is 1. The van der Waals surface area contributed by atoms with Gasteiger partial charge in [-0.15, -0.1) is 0 Å². The molecule has 1 heterocycles. The number of hydrogen-bond donors (Lipinski definition) is 3.